The summed E-state index contributed by atoms with van der Waals surface area (Å²) in [5.41, 5.74) is 2.29. The number of nitrogens with one attached hydrogen (secondary N) is 2. The van der Waals surface area contributed by atoms with E-state index in [0.29, 0.717) is 29.4 Å². The molecule has 0 unspecified atom stereocenters. The van der Waals surface area contributed by atoms with Crippen LogP contribution >= 0.6 is 0 Å². The van der Waals surface area contributed by atoms with E-state index in [2.05, 4.69) is 25.6 Å². The number of pyridine rings is 1. The molecule has 0 aliphatic rings. The Labute approximate surface area is 149 Å². The number of benzene rings is 1. The molecule has 26 heavy (non-hydrogen) atoms. The number of carbonyl (C=O) groups is 1. The van der Waals surface area contributed by atoms with E-state index in [-0.39, 0.29) is 5.91 Å². The minimum atomic E-state index is -0.212. The molecule has 2 N–H and O–H groups in total. The predicted octanol–water partition coefficient (Wildman–Crippen LogP) is 2.99. The zero-order chi connectivity index (χ0) is 17.8. The van der Waals surface area contributed by atoms with Crippen LogP contribution in [-0.4, -0.2) is 25.3 Å². The van der Waals surface area contributed by atoms with Crippen molar-refractivity contribution < 1.29 is 4.79 Å². The van der Waals surface area contributed by atoms with E-state index >= 15 is 0 Å². The molecule has 0 aliphatic heterocycles. The van der Waals surface area contributed by atoms with Crippen molar-refractivity contribution in [2.75, 3.05) is 10.6 Å². The Hall–Kier alpha value is -3.74. The van der Waals surface area contributed by atoms with Crippen LogP contribution in [0.4, 0.5) is 11.6 Å². The van der Waals surface area contributed by atoms with Gasteiger partial charge in [0.05, 0.1) is 6.20 Å². The zero-order valence-electron chi connectivity index (χ0n) is 13.8. The van der Waals surface area contributed by atoms with Gasteiger partial charge < -0.3 is 15.0 Å². The third-order valence-corrected chi connectivity index (χ3v) is 3.83. The van der Waals surface area contributed by atoms with E-state index in [1.165, 1.54) is 0 Å². The topological polar surface area (TPSA) is 84.2 Å². The Morgan fingerprint density at radius 3 is 2.77 bits per heavy atom. The lowest BCUT2D eigenvalue weighted by Gasteiger charge is -2.10. The first kappa shape index (κ1) is 15.8. The Bertz CT molecular complexity index is 1030. The Balaban J connectivity index is 1.59. The fraction of sp³-hybridized carbons (Fsp3) is 0.0526. The van der Waals surface area contributed by atoms with Gasteiger partial charge in [0.2, 0.25) is 0 Å². The molecule has 0 saturated carbocycles. The molecular formula is C19H16N6O. The summed E-state index contributed by atoms with van der Waals surface area (Å²) in [7, 11) is 0. The van der Waals surface area contributed by atoms with Crippen LogP contribution in [0.15, 0.2) is 73.4 Å². The second-order valence-corrected chi connectivity index (χ2v) is 5.67. The summed E-state index contributed by atoms with van der Waals surface area (Å²) in [6.45, 7) is 0.555. The summed E-state index contributed by atoms with van der Waals surface area (Å²) >= 11 is 0. The fourth-order valence-electron chi connectivity index (χ4n) is 2.58. The second kappa shape index (κ2) is 7.02. The van der Waals surface area contributed by atoms with Crippen LogP contribution in [-0.2, 0) is 6.54 Å². The van der Waals surface area contributed by atoms with Crippen molar-refractivity contribution >= 4 is 23.2 Å². The average Bonchev–Trinajstić information content (AvgIpc) is 3.16. The highest BCUT2D eigenvalue weighted by Gasteiger charge is 2.11. The number of imidazole rings is 1. The first-order valence-electron chi connectivity index (χ1n) is 8.12. The Morgan fingerprint density at radius 1 is 1.08 bits per heavy atom. The van der Waals surface area contributed by atoms with Crippen molar-refractivity contribution in [3.8, 4) is 0 Å². The van der Waals surface area contributed by atoms with Crippen molar-refractivity contribution in [1.82, 2.24) is 19.4 Å². The second-order valence-electron chi connectivity index (χ2n) is 5.67. The number of anilines is 2. The van der Waals surface area contributed by atoms with Gasteiger partial charge in [0, 0.05) is 36.9 Å². The number of aromatic nitrogens is 4. The van der Waals surface area contributed by atoms with Crippen molar-refractivity contribution in [3.05, 3.63) is 84.6 Å². The number of amides is 1. The summed E-state index contributed by atoms with van der Waals surface area (Å²) in [6, 6.07) is 12.9. The Kier molecular flexibility index (Phi) is 4.26. The van der Waals surface area contributed by atoms with E-state index < -0.39 is 0 Å². The third kappa shape index (κ3) is 3.36. The lowest BCUT2D eigenvalue weighted by atomic mass is 10.2. The molecule has 4 rings (SSSR count). The maximum atomic E-state index is 12.4. The normalized spacial score (nSPS) is 10.6. The SMILES string of the molecule is O=C(Nc1cn2ccnc2c(NCc2cccnc2)n1)c1ccccc1. The number of fused-ring (bicyclic) bond motifs is 1. The van der Waals surface area contributed by atoms with Gasteiger partial charge in [0.15, 0.2) is 17.3 Å². The predicted molar refractivity (Wildman–Crippen MR) is 98.9 cm³/mol. The third-order valence-electron chi connectivity index (χ3n) is 3.83. The van der Waals surface area contributed by atoms with E-state index in [9.17, 15) is 4.79 Å². The molecule has 0 radical (unpaired) electrons. The lowest BCUT2D eigenvalue weighted by molar-refractivity contribution is 0.102. The highest BCUT2D eigenvalue weighted by Crippen LogP contribution is 2.18. The first-order valence-corrected chi connectivity index (χ1v) is 8.12. The van der Waals surface area contributed by atoms with E-state index in [1.807, 2.05) is 40.9 Å². The smallest absolute Gasteiger partial charge is 0.256 e. The Morgan fingerprint density at radius 2 is 1.96 bits per heavy atom. The van der Waals surface area contributed by atoms with Gasteiger partial charge >= 0.3 is 0 Å². The highest BCUT2D eigenvalue weighted by molar-refractivity contribution is 6.03. The molecule has 0 spiro atoms. The summed E-state index contributed by atoms with van der Waals surface area (Å²) < 4.78 is 1.82. The molecule has 1 aromatic carbocycles. The van der Waals surface area contributed by atoms with Crippen LogP contribution in [0.25, 0.3) is 5.65 Å². The molecule has 4 aromatic rings. The first-order chi connectivity index (χ1) is 12.8. The van der Waals surface area contributed by atoms with Crippen molar-refractivity contribution in [3.63, 3.8) is 0 Å². The van der Waals surface area contributed by atoms with Gasteiger partial charge in [-0.25, -0.2) is 9.97 Å². The van der Waals surface area contributed by atoms with Gasteiger partial charge in [-0.1, -0.05) is 24.3 Å². The van der Waals surface area contributed by atoms with Crippen LogP contribution in [0.5, 0.6) is 0 Å². The van der Waals surface area contributed by atoms with Crippen LogP contribution in [0.2, 0.25) is 0 Å². The number of nitrogens with zero attached hydrogens (tertiary/aromatic N) is 4. The molecule has 0 saturated heterocycles. The van der Waals surface area contributed by atoms with Gasteiger partial charge in [-0.3, -0.25) is 9.78 Å². The maximum Gasteiger partial charge on any atom is 0.256 e. The average molecular weight is 344 g/mol. The van der Waals surface area contributed by atoms with Gasteiger partial charge in [-0.05, 0) is 23.8 Å². The molecule has 0 atom stereocenters. The highest BCUT2D eigenvalue weighted by atomic mass is 16.1. The molecule has 0 fully saturated rings. The number of rotatable bonds is 5. The van der Waals surface area contributed by atoms with Gasteiger partial charge in [-0.2, -0.15) is 0 Å². The quantitative estimate of drug-likeness (QED) is 0.581. The fourth-order valence-corrected chi connectivity index (χ4v) is 2.58. The van der Waals surface area contributed by atoms with Crippen molar-refractivity contribution in [1.29, 1.82) is 0 Å². The van der Waals surface area contributed by atoms with E-state index in [4.69, 9.17) is 0 Å². The molecule has 0 aliphatic carbocycles. The lowest BCUT2D eigenvalue weighted by Crippen LogP contribution is -2.14. The molecule has 1 amide bonds. The van der Waals surface area contributed by atoms with Crippen molar-refractivity contribution in [2.45, 2.75) is 6.54 Å². The number of hydrogen-bond acceptors (Lipinski definition) is 5. The van der Waals surface area contributed by atoms with Crippen LogP contribution in [0.1, 0.15) is 15.9 Å². The summed E-state index contributed by atoms with van der Waals surface area (Å²) in [5.74, 6) is 0.818. The van der Waals surface area contributed by atoms with Gasteiger partial charge in [0.1, 0.15) is 0 Å². The minimum absolute atomic E-state index is 0.212. The van der Waals surface area contributed by atoms with E-state index in [1.54, 1.807) is 36.9 Å². The molecule has 7 heteroatoms. The summed E-state index contributed by atoms with van der Waals surface area (Å²) in [5, 5.41) is 6.09. The maximum absolute atomic E-state index is 12.4. The van der Waals surface area contributed by atoms with Gasteiger partial charge in [-0.15, -0.1) is 0 Å². The standard InChI is InChI=1S/C19H16N6O/c26-19(15-6-2-1-3-7-15)24-16-13-25-10-9-21-18(25)17(23-16)22-12-14-5-4-8-20-11-14/h1-11,13H,12H2,(H,22,23)(H,24,26). The van der Waals surface area contributed by atoms with Crippen LogP contribution in [0, 0.1) is 0 Å². The van der Waals surface area contributed by atoms with Crippen LogP contribution < -0.4 is 10.6 Å². The molecule has 128 valence electrons. The summed E-state index contributed by atoms with van der Waals surface area (Å²) in [4.78, 5) is 25.3. The monoisotopic (exact) mass is 344 g/mol. The molecule has 3 heterocycles. The van der Waals surface area contributed by atoms with Gasteiger partial charge in [0.25, 0.3) is 5.91 Å². The molecule has 3 aromatic heterocycles. The number of carbonyl (C=O) groups excluding carboxylic acids is 1. The zero-order valence-corrected chi connectivity index (χ0v) is 13.8. The summed E-state index contributed by atoms with van der Waals surface area (Å²) in [6.07, 6.45) is 8.75. The largest absolute Gasteiger partial charge is 0.363 e. The molecule has 7 nitrogen and oxygen atoms in total. The minimum Gasteiger partial charge on any atom is -0.363 e. The van der Waals surface area contributed by atoms with Crippen molar-refractivity contribution in [2.24, 2.45) is 0 Å². The molecular weight excluding hydrogens is 328 g/mol. The van der Waals surface area contributed by atoms with E-state index in [0.717, 1.165) is 5.56 Å². The molecule has 0 bridgehead atoms. The van der Waals surface area contributed by atoms with Crippen LogP contribution in [0.3, 0.4) is 0 Å². The number of hydrogen-bond donors (Lipinski definition) is 2.